The lowest BCUT2D eigenvalue weighted by Gasteiger charge is -2.11. The van der Waals surface area contributed by atoms with Gasteiger partial charge in [-0.2, -0.15) is 10.1 Å². The molecule has 0 fully saturated rings. The van der Waals surface area contributed by atoms with Crippen LogP contribution in [0.3, 0.4) is 0 Å². The third-order valence-electron chi connectivity index (χ3n) is 4.08. The summed E-state index contributed by atoms with van der Waals surface area (Å²) in [4.78, 5) is 23.0. The van der Waals surface area contributed by atoms with Crippen molar-refractivity contribution in [2.75, 3.05) is 11.8 Å². The Labute approximate surface area is 148 Å². The Morgan fingerprint density at radius 1 is 1.15 bits per heavy atom. The van der Waals surface area contributed by atoms with Crippen molar-refractivity contribution in [1.82, 2.24) is 0 Å². The SMILES string of the molecule is CC1=NN(c2ccc([N+](=O)[O-])cc2)C(=O)/C1=C\c1ccc2c(c1)OCO2. The van der Waals surface area contributed by atoms with Crippen LogP contribution in [0.25, 0.3) is 6.08 Å². The second kappa shape index (κ2) is 5.99. The molecule has 2 aromatic carbocycles. The highest BCUT2D eigenvalue weighted by atomic mass is 16.7. The molecule has 0 atom stereocenters. The van der Waals surface area contributed by atoms with Gasteiger partial charge in [0.25, 0.3) is 11.6 Å². The number of hydrogen-bond acceptors (Lipinski definition) is 6. The van der Waals surface area contributed by atoms with Crippen LogP contribution in [0.2, 0.25) is 0 Å². The van der Waals surface area contributed by atoms with E-state index in [0.29, 0.717) is 28.5 Å². The molecule has 1 amide bonds. The van der Waals surface area contributed by atoms with E-state index in [0.717, 1.165) is 5.56 Å². The van der Waals surface area contributed by atoms with Gasteiger partial charge in [-0.15, -0.1) is 0 Å². The van der Waals surface area contributed by atoms with Gasteiger partial charge in [0.05, 0.1) is 21.9 Å². The van der Waals surface area contributed by atoms with Gasteiger partial charge in [-0.25, -0.2) is 0 Å². The zero-order valence-electron chi connectivity index (χ0n) is 13.7. The first kappa shape index (κ1) is 15.8. The fraction of sp³-hybridized carbons (Fsp3) is 0.111. The number of benzene rings is 2. The number of hydrogen-bond donors (Lipinski definition) is 0. The van der Waals surface area contributed by atoms with Crippen LogP contribution in [-0.2, 0) is 4.79 Å². The first-order valence-electron chi connectivity index (χ1n) is 7.79. The Morgan fingerprint density at radius 3 is 2.62 bits per heavy atom. The molecule has 0 N–H and O–H groups in total. The van der Waals surface area contributed by atoms with Gasteiger partial charge in [0, 0.05) is 12.1 Å². The van der Waals surface area contributed by atoms with Crippen LogP contribution in [0, 0.1) is 10.1 Å². The Kier molecular flexibility index (Phi) is 3.65. The van der Waals surface area contributed by atoms with Gasteiger partial charge < -0.3 is 9.47 Å². The van der Waals surface area contributed by atoms with Gasteiger partial charge in [0.2, 0.25) is 6.79 Å². The zero-order chi connectivity index (χ0) is 18.3. The van der Waals surface area contributed by atoms with E-state index in [9.17, 15) is 14.9 Å². The number of carbonyl (C=O) groups excluding carboxylic acids is 1. The van der Waals surface area contributed by atoms with Gasteiger partial charge in [-0.1, -0.05) is 6.07 Å². The summed E-state index contributed by atoms with van der Waals surface area (Å²) in [5, 5.41) is 16.3. The van der Waals surface area contributed by atoms with Crippen molar-refractivity contribution in [3.63, 3.8) is 0 Å². The Balaban J connectivity index is 1.63. The molecule has 0 saturated heterocycles. The minimum absolute atomic E-state index is 0.0442. The Morgan fingerprint density at radius 2 is 1.88 bits per heavy atom. The number of nitro benzene ring substituents is 1. The fourth-order valence-electron chi connectivity index (χ4n) is 2.74. The molecular weight excluding hydrogens is 338 g/mol. The zero-order valence-corrected chi connectivity index (χ0v) is 13.7. The number of amides is 1. The summed E-state index contributed by atoms with van der Waals surface area (Å²) in [6.45, 7) is 1.92. The van der Waals surface area contributed by atoms with Gasteiger partial charge in [0.15, 0.2) is 11.5 Å². The topological polar surface area (TPSA) is 94.3 Å². The minimum atomic E-state index is -0.491. The molecule has 0 radical (unpaired) electrons. The van der Waals surface area contributed by atoms with E-state index in [2.05, 4.69) is 5.10 Å². The fourth-order valence-corrected chi connectivity index (χ4v) is 2.74. The van der Waals surface area contributed by atoms with Gasteiger partial charge in [-0.3, -0.25) is 14.9 Å². The van der Waals surface area contributed by atoms with E-state index in [1.54, 1.807) is 25.1 Å². The normalized spacial score (nSPS) is 17.0. The highest BCUT2D eigenvalue weighted by Crippen LogP contribution is 2.34. The maximum atomic E-state index is 12.7. The van der Waals surface area contributed by atoms with E-state index in [-0.39, 0.29) is 18.4 Å². The number of fused-ring (bicyclic) bond motifs is 1. The third-order valence-corrected chi connectivity index (χ3v) is 4.08. The molecule has 8 heteroatoms. The molecule has 4 rings (SSSR count). The molecule has 8 nitrogen and oxygen atoms in total. The standard InChI is InChI=1S/C18H13N3O5/c1-11-15(8-12-2-7-16-17(9-12)26-10-25-16)18(22)20(19-11)13-3-5-14(6-4-13)21(23)24/h2-9H,10H2,1H3/b15-8-. The number of anilines is 1. The van der Waals surface area contributed by atoms with Gasteiger partial charge >= 0.3 is 0 Å². The average Bonchev–Trinajstić information content (AvgIpc) is 3.21. The van der Waals surface area contributed by atoms with Gasteiger partial charge in [0.1, 0.15) is 0 Å². The van der Waals surface area contributed by atoms with Crippen molar-refractivity contribution in [1.29, 1.82) is 0 Å². The molecular formula is C18H13N3O5. The number of hydrazone groups is 1. The lowest BCUT2D eigenvalue weighted by Crippen LogP contribution is -2.21. The summed E-state index contributed by atoms with van der Waals surface area (Å²) < 4.78 is 10.6. The number of ether oxygens (including phenoxy) is 2. The largest absolute Gasteiger partial charge is 0.454 e. The van der Waals surface area contributed by atoms with Crippen LogP contribution in [-0.4, -0.2) is 23.3 Å². The molecule has 26 heavy (non-hydrogen) atoms. The predicted octanol–water partition coefficient (Wildman–Crippen LogP) is 3.13. The van der Waals surface area contributed by atoms with E-state index in [1.807, 2.05) is 6.07 Å². The van der Waals surface area contributed by atoms with Crippen molar-refractivity contribution in [3.8, 4) is 11.5 Å². The number of rotatable bonds is 3. The summed E-state index contributed by atoms with van der Waals surface area (Å²) in [6.07, 6.45) is 1.73. The molecule has 0 unspecified atom stereocenters. The van der Waals surface area contributed by atoms with E-state index < -0.39 is 4.92 Å². The van der Waals surface area contributed by atoms with Crippen LogP contribution in [0.1, 0.15) is 12.5 Å². The lowest BCUT2D eigenvalue weighted by atomic mass is 10.1. The Bertz CT molecular complexity index is 979. The lowest BCUT2D eigenvalue weighted by molar-refractivity contribution is -0.384. The molecule has 2 heterocycles. The van der Waals surface area contributed by atoms with E-state index in [1.165, 1.54) is 29.3 Å². The van der Waals surface area contributed by atoms with Crippen LogP contribution < -0.4 is 14.5 Å². The highest BCUT2D eigenvalue weighted by molar-refractivity contribution is 6.32. The molecule has 130 valence electrons. The molecule has 0 aromatic heterocycles. The second-order valence-electron chi connectivity index (χ2n) is 5.75. The highest BCUT2D eigenvalue weighted by Gasteiger charge is 2.29. The summed E-state index contributed by atoms with van der Waals surface area (Å²) in [5.41, 5.74) is 2.22. The van der Waals surface area contributed by atoms with E-state index in [4.69, 9.17) is 9.47 Å². The van der Waals surface area contributed by atoms with Crippen LogP contribution >= 0.6 is 0 Å². The summed E-state index contributed by atoms with van der Waals surface area (Å²) >= 11 is 0. The van der Waals surface area contributed by atoms with Crippen molar-refractivity contribution in [3.05, 3.63) is 63.7 Å². The molecule has 0 saturated carbocycles. The quantitative estimate of drug-likeness (QED) is 0.481. The third kappa shape index (κ3) is 2.67. The Hall–Kier alpha value is -3.68. The average molecular weight is 351 g/mol. The van der Waals surface area contributed by atoms with Crippen LogP contribution in [0.4, 0.5) is 11.4 Å². The summed E-state index contributed by atoms with van der Waals surface area (Å²) in [5.74, 6) is 1.00. The van der Waals surface area contributed by atoms with Crippen LogP contribution in [0.5, 0.6) is 11.5 Å². The molecule has 0 spiro atoms. The maximum Gasteiger partial charge on any atom is 0.280 e. The first-order valence-corrected chi connectivity index (χ1v) is 7.79. The van der Waals surface area contributed by atoms with Crippen molar-refractivity contribution >= 4 is 29.1 Å². The van der Waals surface area contributed by atoms with Crippen LogP contribution in [0.15, 0.2) is 53.1 Å². The van der Waals surface area contributed by atoms with Gasteiger partial charge in [-0.05, 0) is 42.8 Å². The van der Waals surface area contributed by atoms with Crippen molar-refractivity contribution < 1.29 is 19.2 Å². The predicted molar refractivity (Wildman–Crippen MR) is 94.2 cm³/mol. The maximum absolute atomic E-state index is 12.7. The molecule has 2 aliphatic heterocycles. The smallest absolute Gasteiger partial charge is 0.280 e. The number of non-ortho nitro benzene ring substituents is 1. The summed E-state index contributed by atoms with van der Waals surface area (Å²) in [7, 11) is 0. The number of nitro groups is 1. The molecule has 2 aliphatic rings. The van der Waals surface area contributed by atoms with Crippen molar-refractivity contribution in [2.45, 2.75) is 6.92 Å². The molecule has 0 bridgehead atoms. The number of nitrogens with zero attached hydrogens (tertiary/aromatic N) is 3. The first-order chi connectivity index (χ1) is 12.5. The molecule has 2 aromatic rings. The monoisotopic (exact) mass is 351 g/mol. The molecule has 0 aliphatic carbocycles. The minimum Gasteiger partial charge on any atom is -0.454 e. The van der Waals surface area contributed by atoms with E-state index >= 15 is 0 Å². The summed E-state index contributed by atoms with van der Waals surface area (Å²) in [6, 6.07) is 11.1. The van der Waals surface area contributed by atoms with Crippen molar-refractivity contribution in [2.24, 2.45) is 5.10 Å². The second-order valence-corrected chi connectivity index (χ2v) is 5.75. The number of carbonyl (C=O) groups is 1.